The van der Waals surface area contributed by atoms with Crippen molar-refractivity contribution >= 4 is 17.0 Å². The first-order valence-electron chi connectivity index (χ1n) is 11.0. The number of aromatic hydroxyl groups is 1. The zero-order valence-corrected chi connectivity index (χ0v) is 18.2. The average molecular weight is 409 g/mol. The van der Waals surface area contributed by atoms with Crippen LogP contribution in [-0.4, -0.2) is 26.7 Å². The molecule has 2 aromatic carbocycles. The number of esters is 1. The lowest BCUT2D eigenvalue weighted by Gasteiger charge is -2.26. The highest BCUT2D eigenvalue weighted by atomic mass is 16.5. The lowest BCUT2D eigenvalue weighted by Crippen LogP contribution is -2.26. The summed E-state index contributed by atoms with van der Waals surface area (Å²) in [7, 11) is 0. The van der Waals surface area contributed by atoms with Gasteiger partial charge in [0.25, 0.3) is 0 Å². The van der Waals surface area contributed by atoms with E-state index in [-0.39, 0.29) is 24.4 Å². The molecule has 4 rings (SSSR count). The third-order valence-corrected chi connectivity index (χ3v) is 5.25. The quantitative estimate of drug-likeness (QED) is 0.542. The fourth-order valence-electron chi connectivity index (χ4n) is 3.90. The molecule has 1 aliphatic rings. The van der Waals surface area contributed by atoms with Crippen molar-refractivity contribution in [2.45, 2.75) is 65.5 Å². The van der Waals surface area contributed by atoms with E-state index in [1.165, 1.54) is 12.8 Å². The molecule has 0 radical (unpaired) electrons. The number of carbonyl (C=O) groups is 1. The van der Waals surface area contributed by atoms with Gasteiger partial charge in [-0.2, -0.15) is 0 Å². The van der Waals surface area contributed by atoms with E-state index in [1.54, 1.807) is 24.3 Å². The van der Waals surface area contributed by atoms with E-state index >= 15 is 0 Å². The zero-order chi connectivity index (χ0) is 21.5. The van der Waals surface area contributed by atoms with Crippen molar-refractivity contribution in [1.29, 1.82) is 0 Å². The van der Waals surface area contributed by atoms with Gasteiger partial charge in [-0.15, -0.1) is 0 Å². The second-order valence-corrected chi connectivity index (χ2v) is 8.15. The smallest absolute Gasteiger partial charge is 0.326 e. The molecule has 0 aliphatic heterocycles. The molecule has 30 heavy (non-hydrogen) atoms. The molecule has 1 N–H and O–H groups in total. The van der Waals surface area contributed by atoms with E-state index in [1.807, 2.05) is 28.8 Å². The lowest BCUT2D eigenvalue weighted by atomic mass is 9.89. The molecule has 2 atom stereocenters. The predicted molar refractivity (Wildman–Crippen MR) is 120 cm³/mol. The Bertz CT molecular complexity index is 962. The van der Waals surface area contributed by atoms with E-state index in [2.05, 4.69) is 20.8 Å². The van der Waals surface area contributed by atoms with Gasteiger partial charge < -0.3 is 14.4 Å². The number of para-hydroxylation sites is 2. The van der Waals surface area contributed by atoms with Gasteiger partial charge in [0.1, 0.15) is 24.2 Å². The Kier molecular flexibility index (Phi) is 7.50. The summed E-state index contributed by atoms with van der Waals surface area (Å²) in [6.07, 6.45) is 5.50. The van der Waals surface area contributed by atoms with Gasteiger partial charge in [-0.25, -0.2) is 4.98 Å². The summed E-state index contributed by atoms with van der Waals surface area (Å²) in [5, 5.41) is 9.56. The fourth-order valence-corrected chi connectivity index (χ4v) is 3.90. The van der Waals surface area contributed by atoms with Crippen LogP contribution in [0.2, 0.25) is 0 Å². The first-order chi connectivity index (χ1) is 14.5. The van der Waals surface area contributed by atoms with Crippen LogP contribution in [0.1, 0.15) is 52.9 Å². The number of imidazole rings is 1. The molecular weight excluding hydrogens is 376 g/mol. The van der Waals surface area contributed by atoms with Gasteiger partial charge in [-0.05, 0) is 61.6 Å². The Morgan fingerprint density at radius 3 is 2.53 bits per heavy atom. The molecule has 1 aliphatic carbocycles. The molecule has 5 nitrogen and oxygen atoms in total. The monoisotopic (exact) mass is 408 g/mol. The summed E-state index contributed by atoms with van der Waals surface area (Å²) < 4.78 is 7.67. The van der Waals surface area contributed by atoms with Crippen molar-refractivity contribution in [3.63, 3.8) is 0 Å². The number of aromatic nitrogens is 2. The van der Waals surface area contributed by atoms with Crippen molar-refractivity contribution in [3.8, 4) is 17.1 Å². The van der Waals surface area contributed by atoms with Crippen molar-refractivity contribution in [2.75, 3.05) is 0 Å². The van der Waals surface area contributed by atoms with Crippen molar-refractivity contribution in [2.24, 2.45) is 5.92 Å². The van der Waals surface area contributed by atoms with E-state index in [0.717, 1.165) is 35.9 Å². The van der Waals surface area contributed by atoms with Crippen LogP contribution < -0.4 is 0 Å². The summed E-state index contributed by atoms with van der Waals surface area (Å²) in [5.41, 5.74) is 2.58. The molecule has 1 aromatic heterocycles. The maximum absolute atomic E-state index is 12.7. The second kappa shape index (κ2) is 10.3. The van der Waals surface area contributed by atoms with Gasteiger partial charge in [0.15, 0.2) is 0 Å². The van der Waals surface area contributed by atoms with Crippen molar-refractivity contribution in [3.05, 3.63) is 48.5 Å². The first-order valence-corrected chi connectivity index (χ1v) is 11.0. The molecule has 3 aromatic rings. The molecule has 0 amide bonds. The van der Waals surface area contributed by atoms with Gasteiger partial charge in [0, 0.05) is 5.56 Å². The summed E-state index contributed by atoms with van der Waals surface area (Å²) >= 11 is 0. The SMILES string of the molecule is CC1CCCC(OC(=O)Cn2c(-c3ccc(O)cc3)nc3ccccc32)C1.CCC. The van der Waals surface area contributed by atoms with Crippen LogP contribution in [0.25, 0.3) is 22.4 Å². The Morgan fingerprint density at radius 1 is 1.13 bits per heavy atom. The summed E-state index contributed by atoms with van der Waals surface area (Å²) in [5.74, 6) is 1.29. The van der Waals surface area contributed by atoms with E-state index < -0.39 is 0 Å². The number of phenols is 1. The Balaban J connectivity index is 0.000000806. The number of phenolic OH excluding ortho intramolecular Hbond substituents is 1. The second-order valence-electron chi connectivity index (χ2n) is 8.15. The standard InChI is InChI=1S/C22H24N2O3.C3H8/c1-15-5-4-6-18(13-15)27-21(26)14-24-20-8-3-2-7-19(20)23-22(24)16-9-11-17(25)12-10-16;1-3-2/h2-3,7-12,15,18,25H,4-6,13-14H2,1H3;3H2,1-2H3. The molecular formula is C25H32N2O3. The van der Waals surface area contributed by atoms with Gasteiger partial charge >= 0.3 is 5.97 Å². The van der Waals surface area contributed by atoms with Crippen LogP contribution in [-0.2, 0) is 16.1 Å². The Labute approximate surface area is 178 Å². The minimum atomic E-state index is -0.225. The minimum Gasteiger partial charge on any atom is -0.508 e. The van der Waals surface area contributed by atoms with Crippen LogP contribution in [0.4, 0.5) is 0 Å². The zero-order valence-electron chi connectivity index (χ0n) is 18.2. The topological polar surface area (TPSA) is 64.3 Å². The lowest BCUT2D eigenvalue weighted by molar-refractivity contribution is -0.151. The largest absolute Gasteiger partial charge is 0.508 e. The minimum absolute atomic E-state index is 0.0214. The van der Waals surface area contributed by atoms with Crippen LogP contribution >= 0.6 is 0 Å². The highest BCUT2D eigenvalue weighted by Gasteiger charge is 2.23. The summed E-state index contributed by atoms with van der Waals surface area (Å²) in [6.45, 7) is 6.59. The van der Waals surface area contributed by atoms with Crippen LogP contribution in [0.3, 0.4) is 0 Å². The molecule has 0 saturated heterocycles. The number of carbonyl (C=O) groups excluding carboxylic acids is 1. The molecule has 2 unspecified atom stereocenters. The highest BCUT2D eigenvalue weighted by Crippen LogP contribution is 2.28. The number of rotatable bonds is 4. The number of fused-ring (bicyclic) bond motifs is 1. The van der Waals surface area contributed by atoms with Gasteiger partial charge in [-0.3, -0.25) is 4.79 Å². The highest BCUT2D eigenvalue weighted by molar-refractivity contribution is 5.83. The van der Waals surface area contributed by atoms with Crippen LogP contribution in [0, 0.1) is 5.92 Å². The van der Waals surface area contributed by atoms with E-state index in [9.17, 15) is 9.90 Å². The van der Waals surface area contributed by atoms with Crippen molar-refractivity contribution in [1.82, 2.24) is 9.55 Å². The van der Waals surface area contributed by atoms with Crippen molar-refractivity contribution < 1.29 is 14.6 Å². The van der Waals surface area contributed by atoms with Gasteiger partial charge in [0.2, 0.25) is 0 Å². The molecule has 5 heteroatoms. The number of nitrogens with zero attached hydrogens (tertiary/aromatic N) is 2. The third-order valence-electron chi connectivity index (χ3n) is 5.25. The predicted octanol–water partition coefficient (Wildman–Crippen LogP) is 5.95. The average Bonchev–Trinajstić information content (AvgIpc) is 3.07. The molecule has 1 heterocycles. The summed E-state index contributed by atoms with van der Waals surface area (Å²) in [6, 6.07) is 14.6. The Hall–Kier alpha value is -2.82. The maximum Gasteiger partial charge on any atom is 0.326 e. The molecule has 1 fully saturated rings. The molecule has 160 valence electrons. The Morgan fingerprint density at radius 2 is 1.83 bits per heavy atom. The van der Waals surface area contributed by atoms with Crippen LogP contribution in [0.5, 0.6) is 5.75 Å². The first kappa shape index (κ1) is 21.9. The number of ether oxygens (including phenoxy) is 1. The normalized spacial score (nSPS) is 18.5. The number of benzene rings is 2. The number of hydrogen-bond acceptors (Lipinski definition) is 4. The molecule has 0 bridgehead atoms. The number of hydrogen-bond donors (Lipinski definition) is 1. The summed E-state index contributed by atoms with van der Waals surface area (Å²) in [4.78, 5) is 17.4. The van der Waals surface area contributed by atoms with Crippen LogP contribution in [0.15, 0.2) is 48.5 Å². The van der Waals surface area contributed by atoms with E-state index in [4.69, 9.17) is 9.72 Å². The maximum atomic E-state index is 12.7. The van der Waals surface area contributed by atoms with E-state index in [0.29, 0.717) is 11.7 Å². The fraction of sp³-hybridized carbons (Fsp3) is 0.440. The van der Waals surface area contributed by atoms with Gasteiger partial charge in [-0.1, -0.05) is 45.7 Å². The molecule has 0 spiro atoms. The van der Waals surface area contributed by atoms with Gasteiger partial charge in [0.05, 0.1) is 11.0 Å². The third kappa shape index (κ3) is 5.41. The molecule has 1 saturated carbocycles.